The van der Waals surface area contributed by atoms with Crippen LogP contribution >= 0.6 is 0 Å². The quantitative estimate of drug-likeness (QED) is 0.148. The molecule has 16 nitrogen and oxygen atoms in total. The average molecular weight is 955 g/mol. The number of benzene rings is 3. The van der Waals surface area contributed by atoms with Crippen LogP contribution in [-0.2, 0) is 32.8 Å². The van der Waals surface area contributed by atoms with Gasteiger partial charge in [-0.05, 0) is 125 Å². The van der Waals surface area contributed by atoms with Crippen molar-refractivity contribution in [3.63, 3.8) is 0 Å². The number of aryl methyl sites for hydroxylation is 2. The fourth-order valence-electron chi connectivity index (χ4n) is 12.0. The molecule has 4 aliphatic heterocycles. The van der Waals surface area contributed by atoms with Crippen molar-refractivity contribution in [1.29, 1.82) is 0 Å². The number of nitrogens with one attached hydrogen (secondary N) is 2. The molecule has 70 heavy (non-hydrogen) atoms. The van der Waals surface area contributed by atoms with E-state index < -0.39 is 35.3 Å². The number of fused-ring (bicyclic) bond motifs is 3. The first-order valence-corrected chi connectivity index (χ1v) is 24.2. The van der Waals surface area contributed by atoms with Gasteiger partial charge in [-0.1, -0.05) is 19.9 Å². The number of nitrogens with zero attached hydrogens (tertiary/aromatic N) is 8. The van der Waals surface area contributed by atoms with Crippen LogP contribution in [0.2, 0.25) is 0 Å². The number of ether oxygens (including phenoxy) is 2. The molecule has 2 N–H and O–H groups in total. The SMILES string of the molecule is Cc1cc(-n2nc3c(c2-n2ccn(-c4ccc5c(cnn5CC5(C)COC5)c4F)c2=O)[C@H](C)N(C(=O)c2cc4cc(C5CCOC(C)(C)C5)ccc4n2[C@@]2(C4NOC(=O)N4)C[C@@H]2C)CC3)cc(C)c1F. The first-order valence-electron chi connectivity index (χ1n) is 24.2. The minimum atomic E-state index is -0.726. The van der Waals surface area contributed by atoms with Crippen LogP contribution in [0.15, 0.2) is 71.9 Å². The second kappa shape index (κ2) is 15.7. The minimum absolute atomic E-state index is 0.0466. The summed E-state index contributed by atoms with van der Waals surface area (Å²) < 4.78 is 51.6. The maximum absolute atomic E-state index is 16.6. The highest BCUT2D eigenvalue weighted by Gasteiger charge is 2.62. The van der Waals surface area contributed by atoms with Crippen LogP contribution in [-0.4, -0.2) is 88.3 Å². The smallest absolute Gasteiger partial charge is 0.380 e. The fraction of sp³-hybridized carbons (Fsp3) is 0.442. The Labute approximate surface area is 402 Å². The number of aromatic nitrogens is 7. The zero-order valence-corrected chi connectivity index (χ0v) is 40.3. The molecule has 364 valence electrons. The van der Waals surface area contributed by atoms with Gasteiger partial charge >= 0.3 is 11.8 Å². The van der Waals surface area contributed by atoms with Crippen molar-refractivity contribution in [1.82, 2.24) is 49.0 Å². The van der Waals surface area contributed by atoms with E-state index in [0.717, 1.165) is 23.7 Å². The van der Waals surface area contributed by atoms with Crippen molar-refractivity contribution in [3.05, 3.63) is 123 Å². The molecule has 12 rings (SSSR count). The second-order valence-corrected chi connectivity index (χ2v) is 21.3. The Balaban J connectivity index is 0.970. The van der Waals surface area contributed by atoms with Crippen LogP contribution in [0.25, 0.3) is 39.0 Å². The highest BCUT2D eigenvalue weighted by Crippen LogP contribution is 2.55. The van der Waals surface area contributed by atoms with Crippen LogP contribution in [0.1, 0.15) is 104 Å². The Hall–Kier alpha value is -6.63. The molecular formula is C52H56F2N10O6. The third-order valence-corrected chi connectivity index (χ3v) is 15.8. The predicted molar refractivity (Wildman–Crippen MR) is 255 cm³/mol. The number of hydrogen-bond donors (Lipinski definition) is 2. The lowest BCUT2D eigenvalue weighted by molar-refractivity contribution is -0.111. The topological polar surface area (TPSA) is 157 Å². The lowest BCUT2D eigenvalue weighted by Gasteiger charge is -2.37. The minimum Gasteiger partial charge on any atom is -0.380 e. The monoisotopic (exact) mass is 954 g/mol. The summed E-state index contributed by atoms with van der Waals surface area (Å²) in [7, 11) is 0. The number of carbonyl (C=O) groups excluding carboxylic acids is 2. The molecular weight excluding hydrogens is 899 g/mol. The van der Waals surface area contributed by atoms with Crippen LogP contribution in [0.5, 0.6) is 0 Å². The van der Waals surface area contributed by atoms with Crippen molar-refractivity contribution >= 4 is 33.8 Å². The molecule has 18 heteroatoms. The number of imidazole rings is 1. The third kappa shape index (κ3) is 6.80. The lowest BCUT2D eigenvalue weighted by Crippen LogP contribution is -2.49. The van der Waals surface area contributed by atoms with E-state index >= 15 is 13.6 Å². The van der Waals surface area contributed by atoms with Crippen molar-refractivity contribution in [3.8, 4) is 17.2 Å². The van der Waals surface area contributed by atoms with Gasteiger partial charge in [0.2, 0.25) is 0 Å². The van der Waals surface area contributed by atoms with E-state index in [1.807, 2.05) is 17.9 Å². The van der Waals surface area contributed by atoms with Crippen LogP contribution in [0.3, 0.4) is 0 Å². The van der Waals surface area contributed by atoms with E-state index in [2.05, 4.69) is 66.4 Å². The molecule has 3 saturated heterocycles. The maximum Gasteiger partial charge on any atom is 0.427 e. The number of carbonyl (C=O) groups is 2. The first kappa shape index (κ1) is 44.6. The zero-order valence-electron chi connectivity index (χ0n) is 40.3. The summed E-state index contributed by atoms with van der Waals surface area (Å²) in [4.78, 5) is 50.1. The summed E-state index contributed by atoms with van der Waals surface area (Å²) in [6, 6.07) is 14.5. The second-order valence-electron chi connectivity index (χ2n) is 21.3. The highest BCUT2D eigenvalue weighted by molar-refractivity contribution is 6.00. The van der Waals surface area contributed by atoms with Gasteiger partial charge in [-0.2, -0.15) is 10.2 Å². The first-order chi connectivity index (χ1) is 33.4. The molecule has 8 heterocycles. The molecule has 1 aliphatic carbocycles. The van der Waals surface area contributed by atoms with Gasteiger partial charge in [-0.15, -0.1) is 5.48 Å². The number of amides is 2. The van der Waals surface area contributed by atoms with Crippen molar-refractivity contribution in [2.75, 3.05) is 26.4 Å². The Morgan fingerprint density at radius 3 is 2.36 bits per heavy atom. The van der Waals surface area contributed by atoms with E-state index in [9.17, 15) is 9.59 Å². The zero-order chi connectivity index (χ0) is 48.8. The third-order valence-electron chi connectivity index (χ3n) is 15.8. The Bertz CT molecular complexity index is 3370. The van der Waals surface area contributed by atoms with Crippen molar-refractivity contribution in [2.24, 2.45) is 11.3 Å². The Morgan fingerprint density at radius 2 is 1.67 bits per heavy atom. The van der Waals surface area contributed by atoms with Gasteiger partial charge in [-0.25, -0.2) is 23.1 Å². The molecule has 0 radical (unpaired) electrons. The van der Waals surface area contributed by atoms with E-state index in [1.165, 1.54) is 27.1 Å². The number of rotatable bonds is 9. The average Bonchev–Trinajstić information content (AvgIpc) is 3.96. The summed E-state index contributed by atoms with van der Waals surface area (Å²) in [5.41, 5.74) is 7.02. The van der Waals surface area contributed by atoms with Crippen molar-refractivity contribution < 1.29 is 32.7 Å². The molecule has 3 aromatic carbocycles. The standard InChI is InChI=1S/C52H56F2N10O6/c1-28-18-35(19-29(2)43(28)53)64-45(61-16-15-60(49(61)67)40-11-10-39-36(44(40)54)24-55-62(39)25-51(7)26-68-27-51)42-31(4)59(14-12-37(42)57-64)46(65)41-21-34-20-32(33-13-17-69-50(5,6)23-33)8-9-38(34)63(41)52(22-30(52)3)47-56-48(66)70-58-47/h8-11,15-16,18-21,24,30-31,33,47,58H,12-14,17,22-23,25-27H2,1-7H3,(H,56,66)/t30-,31-,33?,47?,52-/m0/s1. The number of hydroxylamine groups is 1. The molecule has 0 spiro atoms. The van der Waals surface area contributed by atoms with Gasteiger partial charge in [0.1, 0.15) is 23.5 Å². The summed E-state index contributed by atoms with van der Waals surface area (Å²) in [5.74, 6) is -0.488. The molecule has 7 aromatic rings. The van der Waals surface area contributed by atoms with Gasteiger partial charge < -0.3 is 23.8 Å². The highest BCUT2D eigenvalue weighted by atomic mass is 19.1. The van der Waals surface area contributed by atoms with Gasteiger partial charge in [0, 0.05) is 53.8 Å². The lowest BCUT2D eigenvalue weighted by atomic mass is 9.83. The molecule has 1 saturated carbocycles. The van der Waals surface area contributed by atoms with Gasteiger partial charge in [-0.3, -0.25) is 23.9 Å². The Kier molecular flexibility index (Phi) is 9.99. The van der Waals surface area contributed by atoms with Crippen LogP contribution in [0, 0.1) is 36.8 Å². The van der Waals surface area contributed by atoms with Crippen LogP contribution < -0.4 is 16.5 Å². The normalized spacial score (nSPS) is 24.7. The summed E-state index contributed by atoms with van der Waals surface area (Å²) in [6.07, 6.45) is 6.17. The predicted octanol–water partition coefficient (Wildman–Crippen LogP) is 7.79. The summed E-state index contributed by atoms with van der Waals surface area (Å²) in [5, 5.41) is 13.7. The van der Waals surface area contributed by atoms with Gasteiger partial charge in [0.25, 0.3) is 5.91 Å². The maximum atomic E-state index is 16.6. The van der Waals surface area contributed by atoms with E-state index in [1.54, 1.807) is 53.7 Å². The fourth-order valence-corrected chi connectivity index (χ4v) is 12.0. The largest absolute Gasteiger partial charge is 0.427 e. The number of halogens is 2. The molecule has 4 fully saturated rings. The van der Waals surface area contributed by atoms with Gasteiger partial charge in [0.05, 0.1) is 71.1 Å². The van der Waals surface area contributed by atoms with E-state index in [-0.39, 0.29) is 45.6 Å². The molecule has 4 aromatic heterocycles. The summed E-state index contributed by atoms with van der Waals surface area (Å²) in [6.45, 7) is 16.4. The van der Waals surface area contributed by atoms with Crippen LogP contribution in [0.4, 0.5) is 13.6 Å². The Morgan fingerprint density at radius 1 is 0.929 bits per heavy atom. The molecule has 0 bridgehead atoms. The summed E-state index contributed by atoms with van der Waals surface area (Å²) >= 11 is 0. The van der Waals surface area contributed by atoms with Gasteiger partial charge in [0.15, 0.2) is 5.82 Å². The van der Waals surface area contributed by atoms with E-state index in [0.29, 0.717) is 90.9 Å². The molecule has 5 atom stereocenters. The molecule has 2 unspecified atom stereocenters. The molecule has 5 aliphatic rings. The number of hydrogen-bond acceptors (Lipinski definition) is 9. The van der Waals surface area contributed by atoms with E-state index in [4.69, 9.17) is 19.4 Å². The molecule has 2 amide bonds. The van der Waals surface area contributed by atoms with Crippen molar-refractivity contribution in [2.45, 2.75) is 110 Å².